The Bertz CT molecular complexity index is 1530. The van der Waals surface area contributed by atoms with Gasteiger partial charge in [-0.25, -0.2) is 4.98 Å². The Morgan fingerprint density at radius 1 is 1.16 bits per heavy atom. The zero-order valence-electron chi connectivity index (χ0n) is 25.4. The fourth-order valence-electron chi connectivity index (χ4n) is 5.54. The standard InChI is InChI=1S/C31H39ClN7O4P/c1-18(2)43-26-13-20-16-39(21-9-11-38(12-10-21)17-28(33)40)30(41)22(20)14-25(26)36-31-34-15-23(32)29(37-31)35-24-7-5-6-8-27(24)44(42)19(3)4/h5-8,13-15,18-19,21,42H,9-12,16-17H2,1-4H3,(H2,33,40)(H2,34,35,36,37). The molecule has 2 aromatic carbocycles. The average molecular weight is 640 g/mol. The van der Waals surface area contributed by atoms with Crippen molar-refractivity contribution in [3.63, 3.8) is 0 Å². The monoisotopic (exact) mass is 639 g/mol. The number of benzene rings is 2. The van der Waals surface area contributed by atoms with Crippen molar-refractivity contribution in [3.8, 4) is 5.75 Å². The number of para-hydroxylation sites is 1. The molecule has 0 aliphatic carbocycles. The number of hydrogen-bond acceptors (Lipinski definition) is 9. The second-order valence-electron chi connectivity index (χ2n) is 11.7. The topological polar surface area (TPSA) is 146 Å². The van der Waals surface area contributed by atoms with Gasteiger partial charge in [0.15, 0.2) is 5.82 Å². The van der Waals surface area contributed by atoms with Crippen molar-refractivity contribution in [1.82, 2.24) is 19.8 Å². The number of nitrogens with zero attached hydrogens (tertiary/aromatic N) is 4. The maximum Gasteiger partial charge on any atom is 0.254 e. The number of amides is 2. The van der Waals surface area contributed by atoms with Gasteiger partial charge in [-0.05, 0) is 50.5 Å². The van der Waals surface area contributed by atoms with Crippen LogP contribution in [0.3, 0.4) is 0 Å². The molecular formula is C31H39ClN7O4P. The molecule has 1 aromatic heterocycles. The molecule has 234 valence electrons. The Balaban J connectivity index is 1.38. The van der Waals surface area contributed by atoms with Crippen LogP contribution in [0, 0.1) is 0 Å². The SMILES string of the molecule is CC(C)Oc1cc2c(cc1Nc1ncc(Cl)c(Nc3ccccc3P(O)C(C)C)n1)C(=O)N(C1CCN(CC(N)=O)CC1)C2. The highest BCUT2D eigenvalue weighted by Gasteiger charge is 2.36. The van der Waals surface area contributed by atoms with Gasteiger partial charge in [0.2, 0.25) is 11.9 Å². The summed E-state index contributed by atoms with van der Waals surface area (Å²) in [6.07, 6.45) is 2.95. The summed E-state index contributed by atoms with van der Waals surface area (Å²) in [7, 11) is -1.38. The minimum absolute atomic E-state index is 0.0332. The number of primary amides is 1. The van der Waals surface area contributed by atoms with E-state index >= 15 is 0 Å². The van der Waals surface area contributed by atoms with Crippen LogP contribution in [0.15, 0.2) is 42.6 Å². The molecule has 44 heavy (non-hydrogen) atoms. The lowest BCUT2D eigenvalue weighted by atomic mass is 10.0. The number of anilines is 4. The first-order chi connectivity index (χ1) is 21.0. The number of piperidine rings is 1. The van der Waals surface area contributed by atoms with Gasteiger partial charge in [0.1, 0.15) is 10.8 Å². The zero-order valence-corrected chi connectivity index (χ0v) is 27.0. The third kappa shape index (κ3) is 7.24. The molecule has 2 amide bonds. The molecule has 1 saturated heterocycles. The van der Waals surface area contributed by atoms with Gasteiger partial charge in [-0.2, -0.15) is 4.98 Å². The summed E-state index contributed by atoms with van der Waals surface area (Å²) < 4.78 is 6.16. The summed E-state index contributed by atoms with van der Waals surface area (Å²) >= 11 is 6.49. The van der Waals surface area contributed by atoms with E-state index in [4.69, 9.17) is 22.1 Å². The lowest BCUT2D eigenvalue weighted by Crippen LogP contribution is -2.47. The van der Waals surface area contributed by atoms with Crippen LogP contribution in [0.4, 0.5) is 23.1 Å². The van der Waals surface area contributed by atoms with Crippen molar-refractivity contribution in [2.45, 2.75) is 64.9 Å². The molecule has 5 rings (SSSR count). The molecule has 5 N–H and O–H groups in total. The molecule has 2 aliphatic heterocycles. The van der Waals surface area contributed by atoms with Crippen molar-refractivity contribution >= 4 is 60.0 Å². The van der Waals surface area contributed by atoms with E-state index in [0.29, 0.717) is 53.2 Å². The van der Waals surface area contributed by atoms with Crippen molar-refractivity contribution in [2.75, 3.05) is 30.3 Å². The first kappa shape index (κ1) is 31.9. The maximum atomic E-state index is 13.6. The van der Waals surface area contributed by atoms with Gasteiger partial charge in [-0.3, -0.25) is 14.5 Å². The van der Waals surface area contributed by atoms with E-state index in [1.807, 2.05) is 67.8 Å². The van der Waals surface area contributed by atoms with Gasteiger partial charge in [0, 0.05) is 47.9 Å². The summed E-state index contributed by atoms with van der Waals surface area (Å²) in [4.78, 5) is 48.7. The summed E-state index contributed by atoms with van der Waals surface area (Å²) in [5.74, 6) is 0.859. The quantitative estimate of drug-likeness (QED) is 0.219. The van der Waals surface area contributed by atoms with E-state index in [1.54, 1.807) is 6.07 Å². The minimum Gasteiger partial charge on any atom is -0.489 e. The van der Waals surface area contributed by atoms with Crippen LogP contribution in [0.25, 0.3) is 0 Å². The first-order valence-corrected chi connectivity index (χ1v) is 16.5. The second kappa shape index (κ2) is 13.6. The van der Waals surface area contributed by atoms with E-state index in [2.05, 4.69) is 20.6 Å². The lowest BCUT2D eigenvalue weighted by Gasteiger charge is -2.36. The highest BCUT2D eigenvalue weighted by Crippen LogP contribution is 2.40. The number of carbonyl (C=O) groups excluding carboxylic acids is 2. The number of carbonyl (C=O) groups is 2. The van der Waals surface area contributed by atoms with Crippen LogP contribution >= 0.6 is 19.7 Å². The first-order valence-electron chi connectivity index (χ1n) is 14.8. The van der Waals surface area contributed by atoms with E-state index in [-0.39, 0.29) is 42.1 Å². The fourth-order valence-corrected chi connectivity index (χ4v) is 6.85. The number of rotatable bonds is 11. The molecule has 0 saturated carbocycles. The molecule has 1 atom stereocenters. The van der Waals surface area contributed by atoms with Gasteiger partial charge >= 0.3 is 0 Å². The summed E-state index contributed by atoms with van der Waals surface area (Å²) in [5.41, 5.74) is 8.23. The van der Waals surface area contributed by atoms with Gasteiger partial charge < -0.3 is 30.9 Å². The lowest BCUT2D eigenvalue weighted by molar-refractivity contribution is -0.119. The number of hydrogen-bond donors (Lipinski definition) is 4. The van der Waals surface area contributed by atoms with Gasteiger partial charge in [-0.15, -0.1) is 0 Å². The molecule has 2 aliphatic rings. The smallest absolute Gasteiger partial charge is 0.254 e. The second-order valence-corrected chi connectivity index (χ2v) is 14.3. The number of nitrogens with two attached hydrogens (primary N) is 1. The number of fused-ring (bicyclic) bond motifs is 1. The predicted molar refractivity (Wildman–Crippen MR) is 175 cm³/mol. The van der Waals surface area contributed by atoms with E-state index < -0.39 is 8.15 Å². The van der Waals surface area contributed by atoms with Crippen molar-refractivity contribution in [2.24, 2.45) is 5.73 Å². The third-order valence-electron chi connectivity index (χ3n) is 7.66. The molecule has 3 aromatic rings. The van der Waals surface area contributed by atoms with Gasteiger partial charge in [0.25, 0.3) is 5.91 Å². The van der Waals surface area contributed by atoms with Crippen LogP contribution in [-0.4, -0.2) is 73.9 Å². The Hall–Kier alpha value is -3.50. The Morgan fingerprint density at radius 2 is 1.89 bits per heavy atom. The van der Waals surface area contributed by atoms with Crippen LogP contribution in [0.1, 0.15) is 56.5 Å². The Kier molecular flexibility index (Phi) is 9.90. The normalized spacial score (nSPS) is 16.4. The van der Waals surface area contributed by atoms with Crippen molar-refractivity contribution in [1.29, 1.82) is 0 Å². The molecule has 11 nitrogen and oxygen atoms in total. The number of aromatic nitrogens is 2. The van der Waals surface area contributed by atoms with Crippen molar-refractivity contribution < 1.29 is 19.2 Å². The van der Waals surface area contributed by atoms with Gasteiger partial charge in [-0.1, -0.05) is 43.6 Å². The minimum atomic E-state index is -1.38. The molecule has 1 unspecified atom stereocenters. The average Bonchev–Trinajstić information content (AvgIpc) is 3.29. The number of halogens is 1. The number of nitrogens with one attached hydrogen (secondary N) is 2. The predicted octanol–water partition coefficient (Wildman–Crippen LogP) is 4.73. The summed E-state index contributed by atoms with van der Waals surface area (Å²) in [5, 5.41) is 7.63. The Labute approximate surface area is 264 Å². The van der Waals surface area contributed by atoms with Crippen LogP contribution in [0.5, 0.6) is 5.75 Å². The largest absolute Gasteiger partial charge is 0.489 e. The maximum absolute atomic E-state index is 13.6. The molecular weight excluding hydrogens is 601 g/mol. The molecule has 1 fully saturated rings. The van der Waals surface area contributed by atoms with Crippen molar-refractivity contribution in [3.05, 3.63) is 58.7 Å². The third-order valence-corrected chi connectivity index (χ3v) is 9.80. The van der Waals surface area contributed by atoms with Crippen LogP contribution in [0.2, 0.25) is 5.02 Å². The molecule has 0 bridgehead atoms. The van der Waals surface area contributed by atoms with Gasteiger partial charge in [0.05, 0.1) is 32.7 Å². The summed E-state index contributed by atoms with van der Waals surface area (Å²) in [6, 6.07) is 11.3. The fraction of sp³-hybridized carbons (Fsp3) is 0.419. The Morgan fingerprint density at radius 3 is 2.57 bits per heavy atom. The molecule has 0 radical (unpaired) electrons. The molecule has 3 heterocycles. The molecule has 13 heteroatoms. The van der Waals surface area contributed by atoms with E-state index in [0.717, 1.165) is 23.7 Å². The van der Waals surface area contributed by atoms with E-state index in [1.165, 1.54) is 6.20 Å². The highest BCUT2D eigenvalue weighted by molar-refractivity contribution is 7.61. The number of likely N-dealkylation sites (tertiary alicyclic amines) is 1. The summed E-state index contributed by atoms with van der Waals surface area (Å²) in [6.45, 7) is 10.0. The zero-order chi connectivity index (χ0) is 31.5. The van der Waals surface area contributed by atoms with Crippen LogP contribution in [-0.2, 0) is 11.3 Å². The van der Waals surface area contributed by atoms with E-state index in [9.17, 15) is 14.5 Å². The highest BCUT2D eigenvalue weighted by atomic mass is 35.5. The number of ether oxygens (including phenoxy) is 1. The van der Waals surface area contributed by atoms with Crippen LogP contribution < -0.4 is 26.4 Å². The molecule has 0 spiro atoms.